The SMILES string of the molecule is CC(C)c1ccn(C2CCNCC2)c1. The van der Waals surface area contributed by atoms with Crippen LogP contribution in [0.15, 0.2) is 18.5 Å². The van der Waals surface area contributed by atoms with E-state index in [1.54, 1.807) is 0 Å². The van der Waals surface area contributed by atoms with Gasteiger partial charge in [0.15, 0.2) is 0 Å². The summed E-state index contributed by atoms with van der Waals surface area (Å²) in [5, 5.41) is 3.40. The van der Waals surface area contributed by atoms with Gasteiger partial charge >= 0.3 is 0 Å². The van der Waals surface area contributed by atoms with Crippen LogP contribution in [0.1, 0.15) is 44.2 Å². The van der Waals surface area contributed by atoms with E-state index < -0.39 is 0 Å². The second-order valence-corrected chi connectivity index (χ2v) is 4.53. The summed E-state index contributed by atoms with van der Waals surface area (Å²) in [6.45, 7) is 6.84. The monoisotopic (exact) mass is 192 g/mol. The first-order chi connectivity index (χ1) is 6.77. The Hall–Kier alpha value is -0.760. The van der Waals surface area contributed by atoms with Crippen LogP contribution in [-0.2, 0) is 0 Å². The molecule has 0 saturated carbocycles. The number of hydrogen-bond acceptors (Lipinski definition) is 1. The molecule has 1 aliphatic rings. The molecule has 0 aromatic carbocycles. The summed E-state index contributed by atoms with van der Waals surface area (Å²) in [4.78, 5) is 0. The Balaban J connectivity index is 2.07. The van der Waals surface area contributed by atoms with Crippen LogP contribution >= 0.6 is 0 Å². The van der Waals surface area contributed by atoms with E-state index in [9.17, 15) is 0 Å². The standard InChI is InChI=1S/C12H20N2/c1-10(2)11-5-8-14(9-11)12-3-6-13-7-4-12/h5,8-10,12-13H,3-4,6-7H2,1-2H3. The van der Waals surface area contributed by atoms with Gasteiger partial charge in [0.1, 0.15) is 0 Å². The molecule has 1 aromatic rings. The second kappa shape index (κ2) is 4.18. The van der Waals surface area contributed by atoms with Crippen LogP contribution in [0.2, 0.25) is 0 Å². The highest BCUT2D eigenvalue weighted by molar-refractivity contribution is 5.15. The molecule has 0 bridgehead atoms. The van der Waals surface area contributed by atoms with E-state index in [1.165, 1.54) is 31.5 Å². The molecule has 1 N–H and O–H groups in total. The van der Waals surface area contributed by atoms with Gasteiger partial charge in [-0.25, -0.2) is 0 Å². The van der Waals surface area contributed by atoms with Crippen molar-refractivity contribution in [2.45, 2.75) is 38.6 Å². The Kier molecular flexibility index (Phi) is 2.92. The smallest absolute Gasteiger partial charge is 0.0354 e. The fourth-order valence-electron chi connectivity index (χ4n) is 2.10. The number of nitrogens with zero attached hydrogens (tertiary/aromatic N) is 1. The number of rotatable bonds is 2. The minimum atomic E-state index is 0.651. The summed E-state index contributed by atoms with van der Waals surface area (Å²) < 4.78 is 2.40. The average Bonchev–Trinajstić information content (AvgIpc) is 2.68. The zero-order valence-electron chi connectivity index (χ0n) is 9.16. The van der Waals surface area contributed by atoms with Crippen LogP contribution in [0, 0.1) is 0 Å². The van der Waals surface area contributed by atoms with Gasteiger partial charge in [0, 0.05) is 18.4 Å². The first-order valence-corrected chi connectivity index (χ1v) is 5.65. The first kappa shape index (κ1) is 9.78. The lowest BCUT2D eigenvalue weighted by molar-refractivity contribution is 0.368. The molecule has 0 atom stereocenters. The third-order valence-corrected chi connectivity index (χ3v) is 3.13. The van der Waals surface area contributed by atoms with Crippen molar-refractivity contribution in [3.63, 3.8) is 0 Å². The molecule has 0 amide bonds. The fourth-order valence-corrected chi connectivity index (χ4v) is 2.10. The average molecular weight is 192 g/mol. The summed E-state index contributed by atoms with van der Waals surface area (Å²) in [5.74, 6) is 0.651. The lowest BCUT2D eigenvalue weighted by atomic mass is 10.1. The van der Waals surface area contributed by atoms with Crippen molar-refractivity contribution in [2.24, 2.45) is 0 Å². The second-order valence-electron chi connectivity index (χ2n) is 4.53. The summed E-state index contributed by atoms with van der Waals surface area (Å²) in [5.41, 5.74) is 1.46. The number of nitrogens with one attached hydrogen (secondary N) is 1. The Morgan fingerprint density at radius 3 is 2.64 bits per heavy atom. The molecule has 2 heterocycles. The highest BCUT2D eigenvalue weighted by Crippen LogP contribution is 2.22. The highest BCUT2D eigenvalue weighted by Gasteiger charge is 2.14. The van der Waals surface area contributed by atoms with Crippen molar-refractivity contribution < 1.29 is 0 Å². The van der Waals surface area contributed by atoms with Gasteiger partial charge in [0.2, 0.25) is 0 Å². The van der Waals surface area contributed by atoms with E-state index >= 15 is 0 Å². The Morgan fingerprint density at radius 1 is 1.36 bits per heavy atom. The van der Waals surface area contributed by atoms with Crippen LogP contribution < -0.4 is 5.32 Å². The molecule has 0 spiro atoms. The first-order valence-electron chi connectivity index (χ1n) is 5.65. The molecule has 78 valence electrons. The Labute approximate surface area is 86.3 Å². The fraction of sp³-hybridized carbons (Fsp3) is 0.667. The molecular weight excluding hydrogens is 172 g/mol. The molecule has 14 heavy (non-hydrogen) atoms. The van der Waals surface area contributed by atoms with E-state index in [4.69, 9.17) is 0 Å². The van der Waals surface area contributed by atoms with Crippen LogP contribution in [-0.4, -0.2) is 17.7 Å². The van der Waals surface area contributed by atoms with Crippen molar-refractivity contribution >= 4 is 0 Å². The maximum absolute atomic E-state index is 3.40. The van der Waals surface area contributed by atoms with Gasteiger partial charge in [-0.05, 0) is 43.5 Å². The van der Waals surface area contributed by atoms with E-state index in [0.29, 0.717) is 5.92 Å². The van der Waals surface area contributed by atoms with Crippen molar-refractivity contribution in [3.8, 4) is 0 Å². The maximum Gasteiger partial charge on any atom is 0.0354 e. The Bertz CT molecular complexity index is 282. The predicted octanol–water partition coefficient (Wildman–Crippen LogP) is 2.54. The van der Waals surface area contributed by atoms with Gasteiger partial charge in [-0.2, -0.15) is 0 Å². The minimum Gasteiger partial charge on any atom is -0.351 e. The van der Waals surface area contributed by atoms with E-state index in [2.05, 4.69) is 42.2 Å². The molecule has 1 saturated heterocycles. The topological polar surface area (TPSA) is 17.0 Å². The molecule has 2 nitrogen and oxygen atoms in total. The van der Waals surface area contributed by atoms with Crippen LogP contribution in [0.5, 0.6) is 0 Å². The maximum atomic E-state index is 3.40. The molecule has 2 heteroatoms. The molecule has 1 fully saturated rings. The van der Waals surface area contributed by atoms with E-state index in [0.717, 1.165) is 6.04 Å². The zero-order chi connectivity index (χ0) is 9.97. The normalized spacial score (nSPS) is 19.1. The van der Waals surface area contributed by atoms with Crippen LogP contribution in [0.4, 0.5) is 0 Å². The van der Waals surface area contributed by atoms with Crippen LogP contribution in [0.3, 0.4) is 0 Å². The predicted molar refractivity (Wildman–Crippen MR) is 59.7 cm³/mol. The van der Waals surface area contributed by atoms with Crippen molar-refractivity contribution in [2.75, 3.05) is 13.1 Å². The third kappa shape index (κ3) is 2.01. The summed E-state index contributed by atoms with van der Waals surface area (Å²) in [6.07, 6.45) is 7.10. The van der Waals surface area contributed by atoms with Crippen molar-refractivity contribution in [1.82, 2.24) is 9.88 Å². The molecule has 2 rings (SSSR count). The molecule has 0 aliphatic carbocycles. The molecule has 0 radical (unpaired) electrons. The Morgan fingerprint density at radius 2 is 2.07 bits per heavy atom. The van der Waals surface area contributed by atoms with Gasteiger partial charge in [0.25, 0.3) is 0 Å². The highest BCUT2D eigenvalue weighted by atomic mass is 15.0. The van der Waals surface area contributed by atoms with Crippen LogP contribution in [0.25, 0.3) is 0 Å². The van der Waals surface area contributed by atoms with Gasteiger partial charge in [-0.3, -0.25) is 0 Å². The molecular formula is C12H20N2. The number of aromatic nitrogens is 1. The van der Waals surface area contributed by atoms with Crippen molar-refractivity contribution in [3.05, 3.63) is 24.0 Å². The molecule has 1 aromatic heterocycles. The van der Waals surface area contributed by atoms with Gasteiger partial charge in [-0.15, -0.1) is 0 Å². The van der Waals surface area contributed by atoms with E-state index in [1.807, 2.05) is 0 Å². The summed E-state index contributed by atoms with van der Waals surface area (Å²) in [7, 11) is 0. The summed E-state index contributed by atoms with van der Waals surface area (Å²) in [6, 6.07) is 2.98. The van der Waals surface area contributed by atoms with Gasteiger partial charge in [0.05, 0.1) is 0 Å². The molecule has 0 unspecified atom stereocenters. The molecule has 1 aliphatic heterocycles. The minimum absolute atomic E-state index is 0.651. The number of hydrogen-bond donors (Lipinski definition) is 1. The third-order valence-electron chi connectivity index (χ3n) is 3.13. The lowest BCUT2D eigenvalue weighted by Crippen LogP contribution is -2.28. The number of piperidine rings is 1. The zero-order valence-corrected chi connectivity index (χ0v) is 9.16. The van der Waals surface area contributed by atoms with Crippen molar-refractivity contribution in [1.29, 1.82) is 0 Å². The van der Waals surface area contributed by atoms with E-state index in [-0.39, 0.29) is 0 Å². The summed E-state index contributed by atoms with van der Waals surface area (Å²) >= 11 is 0. The van der Waals surface area contributed by atoms with Gasteiger partial charge < -0.3 is 9.88 Å². The quantitative estimate of drug-likeness (QED) is 0.762. The lowest BCUT2D eigenvalue weighted by Gasteiger charge is -2.24. The largest absolute Gasteiger partial charge is 0.351 e. The van der Waals surface area contributed by atoms with Gasteiger partial charge in [-0.1, -0.05) is 13.8 Å².